The molecule has 1 aliphatic heterocycles. The summed E-state index contributed by atoms with van der Waals surface area (Å²) >= 11 is 11.8. The van der Waals surface area contributed by atoms with Crippen molar-refractivity contribution < 1.29 is 0 Å². The predicted molar refractivity (Wildman–Crippen MR) is 59.4 cm³/mol. The Bertz CT molecular complexity index is 169. The van der Waals surface area contributed by atoms with Gasteiger partial charge in [-0.3, -0.25) is 0 Å². The Hall–Kier alpha value is 0.330. The number of nitrogens with one attached hydrogen (secondary N) is 1. The van der Waals surface area contributed by atoms with Crippen molar-refractivity contribution in [3.05, 3.63) is 0 Å². The molecule has 62 valence electrons. The minimum Gasteiger partial charge on any atom is -0.347 e. The van der Waals surface area contributed by atoms with E-state index >= 15 is 0 Å². The van der Waals surface area contributed by atoms with E-state index in [2.05, 4.69) is 24.5 Å². The van der Waals surface area contributed by atoms with Gasteiger partial charge in [-0.1, -0.05) is 31.4 Å². The van der Waals surface area contributed by atoms with Gasteiger partial charge >= 0.3 is 0 Å². The third-order valence-corrected chi connectivity index (χ3v) is 3.78. The molecule has 0 spiro atoms. The first-order valence-corrected chi connectivity index (χ1v) is 5.54. The van der Waals surface area contributed by atoms with Gasteiger partial charge < -0.3 is 5.32 Å². The lowest BCUT2D eigenvalue weighted by atomic mass is 10.0. The molecule has 1 fully saturated rings. The SMILES string of the molecule is CC1SCCC1C(=S)NC=S. The lowest BCUT2D eigenvalue weighted by molar-refractivity contribution is 0.696. The van der Waals surface area contributed by atoms with E-state index in [9.17, 15) is 0 Å². The average molecular weight is 205 g/mol. The first-order valence-electron chi connectivity index (χ1n) is 3.61. The molecule has 0 saturated carbocycles. The van der Waals surface area contributed by atoms with Crippen LogP contribution < -0.4 is 5.32 Å². The Morgan fingerprint density at radius 2 is 2.45 bits per heavy atom. The van der Waals surface area contributed by atoms with E-state index in [4.69, 9.17) is 12.2 Å². The summed E-state index contributed by atoms with van der Waals surface area (Å²) in [5, 5.41) is 3.58. The van der Waals surface area contributed by atoms with Crippen molar-refractivity contribution in [3.63, 3.8) is 0 Å². The Kier molecular flexibility index (Phi) is 3.75. The van der Waals surface area contributed by atoms with Crippen LogP contribution >= 0.6 is 36.2 Å². The van der Waals surface area contributed by atoms with Gasteiger partial charge in [0.1, 0.15) is 0 Å². The molecule has 0 bridgehead atoms. The minimum absolute atomic E-state index is 0.536. The van der Waals surface area contributed by atoms with Gasteiger partial charge in [-0.2, -0.15) is 11.8 Å². The average Bonchev–Trinajstić information content (AvgIpc) is 2.36. The van der Waals surface area contributed by atoms with Crippen molar-refractivity contribution in [1.29, 1.82) is 0 Å². The zero-order valence-corrected chi connectivity index (χ0v) is 8.82. The molecule has 0 aromatic carbocycles. The Labute approximate surface area is 82.3 Å². The summed E-state index contributed by atoms with van der Waals surface area (Å²) in [6.45, 7) is 2.22. The zero-order valence-electron chi connectivity index (χ0n) is 6.37. The van der Waals surface area contributed by atoms with Crippen molar-refractivity contribution in [2.45, 2.75) is 18.6 Å². The van der Waals surface area contributed by atoms with Crippen LogP contribution in [-0.2, 0) is 0 Å². The Morgan fingerprint density at radius 3 is 2.91 bits per heavy atom. The predicted octanol–water partition coefficient (Wildman–Crippen LogP) is 2.00. The van der Waals surface area contributed by atoms with Crippen molar-refractivity contribution in [3.8, 4) is 0 Å². The molecule has 1 nitrogen and oxygen atoms in total. The van der Waals surface area contributed by atoms with E-state index in [1.807, 2.05) is 11.8 Å². The van der Waals surface area contributed by atoms with E-state index in [0.717, 1.165) is 4.99 Å². The van der Waals surface area contributed by atoms with Crippen LogP contribution in [0.4, 0.5) is 0 Å². The summed E-state index contributed by atoms with van der Waals surface area (Å²) in [5.41, 5.74) is 1.50. The molecule has 0 amide bonds. The largest absolute Gasteiger partial charge is 0.347 e. The monoisotopic (exact) mass is 205 g/mol. The fraction of sp³-hybridized carbons (Fsp3) is 0.714. The topological polar surface area (TPSA) is 12.0 Å². The maximum atomic E-state index is 5.17. The summed E-state index contributed by atoms with van der Waals surface area (Å²) in [6, 6.07) is 0. The molecule has 0 radical (unpaired) electrons. The molecule has 0 aromatic rings. The fourth-order valence-corrected chi connectivity index (χ4v) is 3.18. The fourth-order valence-electron chi connectivity index (χ4n) is 1.24. The Balaban J connectivity index is 2.45. The molecule has 0 aliphatic carbocycles. The van der Waals surface area contributed by atoms with Crippen molar-refractivity contribution in [2.24, 2.45) is 5.92 Å². The molecular weight excluding hydrogens is 194 g/mol. The van der Waals surface area contributed by atoms with Gasteiger partial charge in [-0.25, -0.2) is 0 Å². The summed E-state index contributed by atoms with van der Waals surface area (Å²) in [7, 11) is 0. The number of thiocarbonyl (C=S) groups is 2. The highest BCUT2D eigenvalue weighted by Crippen LogP contribution is 2.32. The molecule has 0 aromatic heterocycles. The smallest absolute Gasteiger partial charge is 0.0841 e. The molecule has 1 saturated heterocycles. The van der Waals surface area contributed by atoms with E-state index in [1.54, 1.807) is 0 Å². The Morgan fingerprint density at radius 1 is 1.73 bits per heavy atom. The maximum absolute atomic E-state index is 5.17. The van der Waals surface area contributed by atoms with Crippen LogP contribution in [0.3, 0.4) is 0 Å². The minimum atomic E-state index is 0.536. The summed E-state index contributed by atoms with van der Waals surface area (Å²) in [4.78, 5) is 0.914. The summed E-state index contributed by atoms with van der Waals surface area (Å²) in [6.07, 6.45) is 1.20. The highest BCUT2D eigenvalue weighted by molar-refractivity contribution is 8.00. The third-order valence-electron chi connectivity index (χ3n) is 1.91. The van der Waals surface area contributed by atoms with Crippen LogP contribution in [0.25, 0.3) is 0 Å². The lowest BCUT2D eigenvalue weighted by Gasteiger charge is -2.14. The highest BCUT2D eigenvalue weighted by atomic mass is 32.2. The van der Waals surface area contributed by atoms with Gasteiger partial charge in [-0.15, -0.1) is 0 Å². The summed E-state index contributed by atoms with van der Waals surface area (Å²) in [5.74, 6) is 1.76. The maximum Gasteiger partial charge on any atom is 0.0841 e. The number of hydrogen-bond donors (Lipinski definition) is 1. The zero-order chi connectivity index (χ0) is 8.27. The van der Waals surface area contributed by atoms with Gasteiger partial charge in [0.15, 0.2) is 0 Å². The quantitative estimate of drug-likeness (QED) is 0.692. The first-order chi connectivity index (χ1) is 5.25. The number of thioether (sulfide) groups is 1. The number of hydrogen-bond acceptors (Lipinski definition) is 3. The molecule has 2 atom stereocenters. The molecule has 1 heterocycles. The summed E-state index contributed by atoms with van der Waals surface area (Å²) < 4.78 is 0. The van der Waals surface area contributed by atoms with Crippen LogP contribution in [0, 0.1) is 5.92 Å². The standard InChI is InChI=1S/C7H11NS3/c1-5-6(2-3-11-5)7(10)8-4-9/h4-6H,2-3H2,1H3,(H,8,9,10). The van der Waals surface area contributed by atoms with Gasteiger partial charge in [0.05, 0.1) is 10.5 Å². The van der Waals surface area contributed by atoms with Crippen LogP contribution in [0.15, 0.2) is 0 Å². The second-order valence-corrected chi connectivity index (χ2v) is 4.76. The molecule has 1 rings (SSSR count). The third kappa shape index (κ3) is 2.39. The first kappa shape index (κ1) is 9.42. The van der Waals surface area contributed by atoms with Gasteiger partial charge in [0.25, 0.3) is 0 Å². The van der Waals surface area contributed by atoms with Crippen molar-refractivity contribution >= 4 is 46.7 Å². The van der Waals surface area contributed by atoms with E-state index in [1.165, 1.54) is 17.7 Å². The van der Waals surface area contributed by atoms with Crippen molar-refractivity contribution in [1.82, 2.24) is 5.32 Å². The molecule has 4 heteroatoms. The molecule has 11 heavy (non-hydrogen) atoms. The lowest BCUT2D eigenvalue weighted by Crippen LogP contribution is -2.30. The van der Waals surface area contributed by atoms with Crippen LogP contribution in [0.1, 0.15) is 13.3 Å². The van der Waals surface area contributed by atoms with Crippen LogP contribution in [0.2, 0.25) is 0 Å². The van der Waals surface area contributed by atoms with Crippen LogP contribution in [-0.4, -0.2) is 21.5 Å². The van der Waals surface area contributed by atoms with E-state index in [-0.39, 0.29) is 0 Å². The highest BCUT2D eigenvalue weighted by Gasteiger charge is 2.26. The second kappa shape index (κ2) is 4.38. The second-order valence-electron chi connectivity index (χ2n) is 2.60. The molecular formula is C7H11NS3. The molecule has 1 N–H and O–H groups in total. The van der Waals surface area contributed by atoms with E-state index in [0.29, 0.717) is 11.2 Å². The van der Waals surface area contributed by atoms with Crippen molar-refractivity contribution in [2.75, 3.05) is 5.75 Å². The van der Waals surface area contributed by atoms with Crippen LogP contribution in [0.5, 0.6) is 0 Å². The van der Waals surface area contributed by atoms with Gasteiger partial charge in [-0.05, 0) is 12.2 Å². The van der Waals surface area contributed by atoms with Gasteiger partial charge in [0.2, 0.25) is 0 Å². The molecule has 2 unspecified atom stereocenters. The molecule has 1 aliphatic rings. The number of rotatable bonds is 2. The normalized spacial score (nSPS) is 29.9. The van der Waals surface area contributed by atoms with Gasteiger partial charge in [0, 0.05) is 11.2 Å². The van der Waals surface area contributed by atoms with E-state index < -0.39 is 0 Å².